The van der Waals surface area contributed by atoms with Crippen LogP contribution in [0.4, 0.5) is 0 Å². The molecule has 0 saturated heterocycles. The Morgan fingerprint density at radius 2 is 0.803 bits per heavy atom. The summed E-state index contributed by atoms with van der Waals surface area (Å²) in [6.45, 7) is 0. The number of benzene rings is 11. The van der Waals surface area contributed by atoms with E-state index in [1.165, 1.54) is 26.9 Å². The van der Waals surface area contributed by atoms with Crippen molar-refractivity contribution in [3.63, 3.8) is 0 Å². The molecular formula is C61H36N4O. The first kappa shape index (κ1) is 36.5. The third kappa shape index (κ3) is 5.70. The zero-order valence-corrected chi connectivity index (χ0v) is 35.5. The molecule has 0 fully saturated rings. The SMILES string of the molecule is c1ccc(-c2ccc(-c3nc(-c4cc5oc6cc7ccccc7cc6c5cc4-n4c5ccccc5c5cc6ccccc6cc54)nc(-c4cc5ccccc5c5ccccc45)n3)cc2)cc1. The molecule has 0 bridgehead atoms. The molecule has 5 nitrogen and oxygen atoms in total. The highest BCUT2D eigenvalue weighted by molar-refractivity contribution is 6.17. The topological polar surface area (TPSA) is 56.7 Å². The second kappa shape index (κ2) is 14.3. The fourth-order valence-corrected chi connectivity index (χ4v) is 10.2. The van der Waals surface area contributed by atoms with Gasteiger partial charge in [-0.15, -0.1) is 0 Å². The summed E-state index contributed by atoms with van der Waals surface area (Å²) in [5.74, 6) is 1.73. The van der Waals surface area contributed by atoms with Gasteiger partial charge in [0.1, 0.15) is 11.2 Å². The first-order valence-electron chi connectivity index (χ1n) is 22.3. The molecule has 0 aliphatic carbocycles. The number of hydrogen-bond acceptors (Lipinski definition) is 4. The molecule has 0 aliphatic rings. The normalized spacial score (nSPS) is 11.9. The summed E-state index contributed by atoms with van der Waals surface area (Å²) < 4.78 is 9.24. The molecular weight excluding hydrogens is 805 g/mol. The molecule has 11 aromatic carbocycles. The molecule has 3 aromatic heterocycles. The second-order valence-electron chi connectivity index (χ2n) is 17.2. The lowest BCUT2D eigenvalue weighted by Gasteiger charge is -2.16. The monoisotopic (exact) mass is 840 g/mol. The van der Waals surface area contributed by atoms with Gasteiger partial charge in [-0.1, -0.05) is 170 Å². The van der Waals surface area contributed by atoms with Gasteiger partial charge in [0.25, 0.3) is 0 Å². The fraction of sp³-hybridized carbons (Fsp3) is 0. The Balaban J connectivity index is 1.10. The van der Waals surface area contributed by atoms with Crippen molar-refractivity contribution < 1.29 is 4.42 Å². The van der Waals surface area contributed by atoms with Crippen LogP contribution in [0.3, 0.4) is 0 Å². The lowest BCUT2D eigenvalue weighted by molar-refractivity contribution is 0.669. The van der Waals surface area contributed by atoms with Crippen LogP contribution in [0.5, 0.6) is 0 Å². The van der Waals surface area contributed by atoms with Crippen LogP contribution in [-0.2, 0) is 0 Å². The van der Waals surface area contributed by atoms with Gasteiger partial charge >= 0.3 is 0 Å². The van der Waals surface area contributed by atoms with Crippen molar-refractivity contribution in [2.24, 2.45) is 0 Å². The Labute approximate surface area is 378 Å². The molecule has 14 rings (SSSR count). The molecule has 3 heterocycles. The van der Waals surface area contributed by atoms with Gasteiger partial charge in [0.05, 0.1) is 16.7 Å². The quantitative estimate of drug-likeness (QED) is 0.162. The zero-order chi connectivity index (χ0) is 43.3. The number of rotatable bonds is 5. The summed E-state index contributed by atoms with van der Waals surface area (Å²) in [6, 6.07) is 77.6. The summed E-state index contributed by atoms with van der Waals surface area (Å²) in [6.07, 6.45) is 0. The van der Waals surface area contributed by atoms with E-state index in [1.807, 2.05) is 6.07 Å². The minimum Gasteiger partial charge on any atom is -0.456 e. The molecule has 0 atom stereocenters. The Bertz CT molecular complexity index is 4280. The predicted octanol–water partition coefficient (Wildman–Crippen LogP) is 16.1. The van der Waals surface area contributed by atoms with E-state index in [4.69, 9.17) is 19.4 Å². The first-order valence-corrected chi connectivity index (χ1v) is 22.3. The van der Waals surface area contributed by atoms with Crippen LogP contribution in [0.1, 0.15) is 0 Å². The van der Waals surface area contributed by atoms with Gasteiger partial charge in [-0.25, -0.2) is 15.0 Å². The zero-order valence-electron chi connectivity index (χ0n) is 35.5. The summed E-state index contributed by atoms with van der Waals surface area (Å²) in [5.41, 5.74) is 9.67. The summed E-state index contributed by atoms with van der Waals surface area (Å²) in [5, 5.41) is 13.6. The Morgan fingerprint density at radius 1 is 0.288 bits per heavy atom. The molecule has 66 heavy (non-hydrogen) atoms. The maximum Gasteiger partial charge on any atom is 0.166 e. The van der Waals surface area contributed by atoms with Gasteiger partial charge < -0.3 is 8.98 Å². The lowest BCUT2D eigenvalue weighted by atomic mass is 9.96. The van der Waals surface area contributed by atoms with Gasteiger partial charge in [0.15, 0.2) is 17.5 Å². The Morgan fingerprint density at radius 3 is 1.56 bits per heavy atom. The van der Waals surface area contributed by atoms with Crippen molar-refractivity contribution in [3.05, 3.63) is 218 Å². The molecule has 0 saturated carbocycles. The van der Waals surface area contributed by atoms with Gasteiger partial charge in [-0.3, -0.25) is 0 Å². The number of fused-ring (bicyclic) bond motifs is 11. The van der Waals surface area contributed by atoms with Crippen molar-refractivity contribution in [2.45, 2.75) is 0 Å². The van der Waals surface area contributed by atoms with Crippen LogP contribution >= 0.6 is 0 Å². The maximum absolute atomic E-state index is 6.84. The highest BCUT2D eigenvalue weighted by Gasteiger charge is 2.24. The van der Waals surface area contributed by atoms with Crippen LogP contribution in [0.15, 0.2) is 223 Å². The molecule has 0 aliphatic heterocycles. The fourth-order valence-electron chi connectivity index (χ4n) is 10.2. The summed E-state index contributed by atoms with van der Waals surface area (Å²) in [7, 11) is 0. The Kier molecular flexibility index (Phi) is 7.91. The standard InChI is InChI=1S/C61H36N4O/c1-2-14-37(15-3-1)38-26-28-39(29-27-38)59-62-60(52-32-44-20-8-9-21-45(44)46-22-10-11-23-47(46)52)64-61(63-59)53-36-58-51(50-31-41-17-5-7-19-43(41)34-57(50)66-58)35-56(53)65-54-25-13-12-24-48(54)49-30-40-16-4-6-18-42(40)33-55(49)65/h1-36H. The summed E-state index contributed by atoms with van der Waals surface area (Å²) >= 11 is 0. The molecule has 306 valence electrons. The highest BCUT2D eigenvalue weighted by Crippen LogP contribution is 2.43. The average molecular weight is 841 g/mol. The molecule has 0 spiro atoms. The van der Waals surface area contributed by atoms with Crippen molar-refractivity contribution >= 4 is 86.8 Å². The van der Waals surface area contributed by atoms with Crippen molar-refractivity contribution in [1.82, 2.24) is 19.5 Å². The largest absolute Gasteiger partial charge is 0.456 e. The first-order chi connectivity index (χ1) is 32.7. The van der Waals surface area contributed by atoms with E-state index < -0.39 is 0 Å². The van der Waals surface area contributed by atoms with E-state index in [0.717, 1.165) is 93.4 Å². The van der Waals surface area contributed by atoms with Crippen LogP contribution in [-0.4, -0.2) is 19.5 Å². The van der Waals surface area contributed by atoms with Crippen LogP contribution in [0.2, 0.25) is 0 Å². The second-order valence-corrected chi connectivity index (χ2v) is 17.2. The van der Waals surface area contributed by atoms with Crippen LogP contribution < -0.4 is 0 Å². The predicted molar refractivity (Wildman–Crippen MR) is 273 cm³/mol. The molecule has 0 unspecified atom stereocenters. The van der Waals surface area contributed by atoms with E-state index in [9.17, 15) is 0 Å². The number of aromatic nitrogens is 4. The number of nitrogens with zero attached hydrogens (tertiary/aromatic N) is 4. The highest BCUT2D eigenvalue weighted by atomic mass is 16.3. The molecule has 0 radical (unpaired) electrons. The molecule has 14 aromatic rings. The summed E-state index contributed by atoms with van der Waals surface area (Å²) in [4.78, 5) is 16.3. The third-order valence-electron chi connectivity index (χ3n) is 13.4. The van der Waals surface area contributed by atoms with E-state index >= 15 is 0 Å². The lowest BCUT2D eigenvalue weighted by Crippen LogP contribution is -2.04. The van der Waals surface area contributed by atoms with E-state index in [-0.39, 0.29) is 0 Å². The van der Waals surface area contributed by atoms with Crippen LogP contribution in [0.25, 0.3) is 138 Å². The van der Waals surface area contributed by atoms with Crippen LogP contribution in [0, 0.1) is 0 Å². The molecule has 0 amide bonds. The number of hydrogen-bond donors (Lipinski definition) is 0. The van der Waals surface area contributed by atoms with Crippen molar-refractivity contribution in [2.75, 3.05) is 0 Å². The molecule has 0 N–H and O–H groups in total. The van der Waals surface area contributed by atoms with Crippen molar-refractivity contribution in [3.8, 4) is 51.0 Å². The van der Waals surface area contributed by atoms with Crippen molar-refractivity contribution in [1.29, 1.82) is 0 Å². The van der Waals surface area contributed by atoms with Gasteiger partial charge in [-0.05, 0) is 103 Å². The third-order valence-corrected chi connectivity index (χ3v) is 13.4. The molecule has 5 heteroatoms. The Hall–Kier alpha value is -8.93. The minimum atomic E-state index is 0.550. The van der Waals surface area contributed by atoms with E-state index in [0.29, 0.717) is 17.5 Å². The number of para-hydroxylation sites is 1. The van der Waals surface area contributed by atoms with E-state index in [1.54, 1.807) is 0 Å². The smallest absolute Gasteiger partial charge is 0.166 e. The minimum absolute atomic E-state index is 0.550. The number of furan rings is 1. The van der Waals surface area contributed by atoms with Gasteiger partial charge in [0, 0.05) is 38.2 Å². The van der Waals surface area contributed by atoms with Gasteiger partial charge in [-0.2, -0.15) is 0 Å². The maximum atomic E-state index is 6.84. The van der Waals surface area contributed by atoms with E-state index in [2.05, 4.69) is 217 Å². The van der Waals surface area contributed by atoms with Gasteiger partial charge in [0.2, 0.25) is 0 Å². The average Bonchev–Trinajstić information content (AvgIpc) is 3.90.